The van der Waals surface area contributed by atoms with E-state index in [9.17, 15) is 4.79 Å². The van der Waals surface area contributed by atoms with E-state index in [0.717, 1.165) is 29.2 Å². The maximum atomic E-state index is 10.3. The van der Waals surface area contributed by atoms with Crippen molar-refractivity contribution in [1.82, 2.24) is 0 Å². The summed E-state index contributed by atoms with van der Waals surface area (Å²) in [4.78, 5) is 10.3. The molecule has 0 atom stereocenters. The van der Waals surface area contributed by atoms with E-state index >= 15 is 0 Å². The summed E-state index contributed by atoms with van der Waals surface area (Å²) in [5.74, 6) is 2.27. The Morgan fingerprint density at radius 1 is 1.22 bits per heavy atom. The van der Waals surface area contributed by atoms with Gasteiger partial charge in [0.1, 0.15) is 0 Å². The maximum absolute atomic E-state index is 10.3. The first-order valence-corrected chi connectivity index (χ1v) is 6.83. The average molecular weight is 270 g/mol. The van der Waals surface area contributed by atoms with Crippen LogP contribution in [0.1, 0.15) is 12.0 Å². The van der Waals surface area contributed by atoms with Crippen LogP contribution in [-0.4, -0.2) is 36.8 Å². The molecule has 5 heteroatoms. The van der Waals surface area contributed by atoms with E-state index in [-0.39, 0.29) is 6.42 Å². The van der Waals surface area contributed by atoms with Gasteiger partial charge in [0.05, 0.1) is 20.6 Å². The van der Waals surface area contributed by atoms with E-state index in [1.165, 1.54) is 0 Å². The number of hydrogen-bond acceptors (Lipinski definition) is 4. The molecule has 0 fully saturated rings. The summed E-state index contributed by atoms with van der Waals surface area (Å²) in [6, 6.07) is 5.84. The third-order valence-electron chi connectivity index (χ3n) is 2.44. The third kappa shape index (κ3) is 4.87. The van der Waals surface area contributed by atoms with Crippen LogP contribution in [0.15, 0.2) is 18.2 Å². The fourth-order valence-corrected chi connectivity index (χ4v) is 2.39. The Morgan fingerprint density at radius 2 is 1.94 bits per heavy atom. The van der Waals surface area contributed by atoms with E-state index in [1.807, 2.05) is 18.2 Å². The van der Waals surface area contributed by atoms with Crippen molar-refractivity contribution in [3.8, 4) is 11.5 Å². The summed E-state index contributed by atoms with van der Waals surface area (Å²) >= 11 is 1.65. The van der Waals surface area contributed by atoms with Crippen molar-refractivity contribution in [2.24, 2.45) is 0 Å². The topological polar surface area (TPSA) is 55.8 Å². The number of aliphatic carboxylic acids is 1. The number of aryl methyl sites for hydroxylation is 1. The number of carboxylic acid groups (broad SMARTS) is 1. The number of benzene rings is 1. The molecule has 0 radical (unpaired) electrons. The highest BCUT2D eigenvalue weighted by Crippen LogP contribution is 2.27. The quantitative estimate of drug-likeness (QED) is 0.735. The molecule has 1 rings (SSSR count). The van der Waals surface area contributed by atoms with E-state index in [2.05, 4.69) is 0 Å². The molecule has 0 unspecified atom stereocenters. The molecule has 0 spiro atoms. The molecule has 0 amide bonds. The van der Waals surface area contributed by atoms with Crippen LogP contribution in [0.25, 0.3) is 0 Å². The highest BCUT2D eigenvalue weighted by atomic mass is 32.2. The lowest BCUT2D eigenvalue weighted by atomic mass is 10.1. The molecule has 0 aliphatic carbocycles. The Morgan fingerprint density at radius 3 is 2.56 bits per heavy atom. The first-order valence-electron chi connectivity index (χ1n) is 5.67. The normalized spacial score (nSPS) is 10.1. The standard InChI is InChI=1S/C13H18O4S/c1-16-11-4-3-10(9-12(11)17-2)5-7-18-8-6-13(14)15/h3-4,9H,5-8H2,1-2H3,(H,14,15). The van der Waals surface area contributed by atoms with Gasteiger partial charge in [-0.05, 0) is 29.9 Å². The minimum absolute atomic E-state index is 0.219. The Labute approximate surface area is 111 Å². The van der Waals surface area contributed by atoms with Gasteiger partial charge in [0.25, 0.3) is 0 Å². The average Bonchev–Trinajstić information content (AvgIpc) is 2.37. The van der Waals surface area contributed by atoms with Crippen LogP contribution in [0.5, 0.6) is 11.5 Å². The van der Waals surface area contributed by atoms with E-state index in [4.69, 9.17) is 14.6 Å². The minimum Gasteiger partial charge on any atom is -0.493 e. The second kappa shape index (κ2) is 7.87. The molecule has 1 aromatic carbocycles. The largest absolute Gasteiger partial charge is 0.493 e. The third-order valence-corrected chi connectivity index (χ3v) is 3.43. The minimum atomic E-state index is -0.742. The Hall–Kier alpha value is -1.36. The van der Waals surface area contributed by atoms with Gasteiger partial charge < -0.3 is 14.6 Å². The predicted octanol–water partition coefficient (Wildman–Crippen LogP) is 2.45. The first kappa shape index (κ1) is 14.7. The van der Waals surface area contributed by atoms with Crippen molar-refractivity contribution >= 4 is 17.7 Å². The molecule has 18 heavy (non-hydrogen) atoms. The van der Waals surface area contributed by atoms with Crippen molar-refractivity contribution < 1.29 is 19.4 Å². The van der Waals surface area contributed by atoms with Gasteiger partial charge in [-0.2, -0.15) is 11.8 Å². The van der Waals surface area contributed by atoms with Gasteiger partial charge in [0.2, 0.25) is 0 Å². The highest BCUT2D eigenvalue weighted by molar-refractivity contribution is 7.99. The van der Waals surface area contributed by atoms with Crippen LogP contribution in [0.2, 0.25) is 0 Å². The maximum Gasteiger partial charge on any atom is 0.304 e. The van der Waals surface area contributed by atoms with Gasteiger partial charge in [-0.3, -0.25) is 4.79 Å². The zero-order chi connectivity index (χ0) is 13.4. The van der Waals surface area contributed by atoms with Gasteiger partial charge >= 0.3 is 5.97 Å². The smallest absolute Gasteiger partial charge is 0.304 e. The lowest BCUT2D eigenvalue weighted by molar-refractivity contribution is -0.136. The van der Waals surface area contributed by atoms with Crippen LogP contribution in [0.3, 0.4) is 0 Å². The number of carbonyl (C=O) groups is 1. The second-order valence-electron chi connectivity index (χ2n) is 3.70. The van der Waals surface area contributed by atoms with Crippen LogP contribution >= 0.6 is 11.8 Å². The number of thioether (sulfide) groups is 1. The lowest BCUT2D eigenvalue weighted by Gasteiger charge is -2.09. The van der Waals surface area contributed by atoms with Crippen molar-refractivity contribution in [2.45, 2.75) is 12.8 Å². The lowest BCUT2D eigenvalue weighted by Crippen LogP contribution is -1.98. The van der Waals surface area contributed by atoms with Crippen LogP contribution < -0.4 is 9.47 Å². The number of rotatable bonds is 8. The summed E-state index contributed by atoms with van der Waals surface area (Å²) in [5.41, 5.74) is 1.16. The zero-order valence-electron chi connectivity index (χ0n) is 10.6. The molecule has 1 N–H and O–H groups in total. The molecule has 0 aliphatic heterocycles. The Balaban J connectivity index is 2.40. The number of carboxylic acids is 1. The van der Waals surface area contributed by atoms with E-state index in [0.29, 0.717) is 5.75 Å². The van der Waals surface area contributed by atoms with Gasteiger partial charge in [-0.1, -0.05) is 6.07 Å². The molecule has 100 valence electrons. The molecular formula is C13H18O4S. The first-order chi connectivity index (χ1) is 8.67. The van der Waals surface area contributed by atoms with Crippen LogP contribution in [0.4, 0.5) is 0 Å². The summed E-state index contributed by atoms with van der Waals surface area (Å²) in [6.45, 7) is 0. The fraction of sp³-hybridized carbons (Fsp3) is 0.462. The SMILES string of the molecule is COc1ccc(CCSCCC(=O)O)cc1OC. The molecule has 4 nitrogen and oxygen atoms in total. The summed E-state index contributed by atoms with van der Waals surface area (Å²) in [5, 5.41) is 8.51. The Bertz CT molecular complexity index is 393. The summed E-state index contributed by atoms with van der Waals surface area (Å²) in [7, 11) is 3.22. The van der Waals surface area contributed by atoms with E-state index in [1.54, 1.807) is 26.0 Å². The highest BCUT2D eigenvalue weighted by Gasteiger charge is 2.04. The van der Waals surface area contributed by atoms with Crippen molar-refractivity contribution in [3.63, 3.8) is 0 Å². The summed E-state index contributed by atoms with van der Waals surface area (Å²) in [6.07, 6.45) is 1.11. The van der Waals surface area contributed by atoms with Crippen molar-refractivity contribution in [3.05, 3.63) is 23.8 Å². The molecule has 0 heterocycles. The molecule has 0 aliphatic rings. The molecular weight excluding hydrogens is 252 g/mol. The molecule has 0 saturated heterocycles. The van der Waals surface area contributed by atoms with Crippen LogP contribution in [0, 0.1) is 0 Å². The van der Waals surface area contributed by atoms with Gasteiger partial charge in [0.15, 0.2) is 11.5 Å². The van der Waals surface area contributed by atoms with Crippen molar-refractivity contribution in [2.75, 3.05) is 25.7 Å². The number of hydrogen-bond donors (Lipinski definition) is 1. The molecule has 0 aromatic heterocycles. The van der Waals surface area contributed by atoms with E-state index < -0.39 is 5.97 Å². The van der Waals surface area contributed by atoms with Gasteiger partial charge in [0, 0.05) is 5.75 Å². The summed E-state index contributed by atoms with van der Waals surface area (Å²) < 4.78 is 10.4. The predicted molar refractivity (Wildman–Crippen MR) is 72.8 cm³/mol. The van der Waals surface area contributed by atoms with Crippen LogP contribution in [-0.2, 0) is 11.2 Å². The molecule has 1 aromatic rings. The van der Waals surface area contributed by atoms with Gasteiger partial charge in [-0.25, -0.2) is 0 Å². The monoisotopic (exact) mass is 270 g/mol. The number of methoxy groups -OCH3 is 2. The zero-order valence-corrected chi connectivity index (χ0v) is 11.5. The molecule has 0 saturated carbocycles. The molecule has 0 bridgehead atoms. The van der Waals surface area contributed by atoms with Crippen molar-refractivity contribution in [1.29, 1.82) is 0 Å². The fourth-order valence-electron chi connectivity index (χ4n) is 1.49. The number of ether oxygens (including phenoxy) is 2. The van der Waals surface area contributed by atoms with Gasteiger partial charge in [-0.15, -0.1) is 0 Å². The Kier molecular flexibility index (Phi) is 6.43. The second-order valence-corrected chi connectivity index (χ2v) is 4.92.